The highest BCUT2D eigenvalue weighted by atomic mass is 35.5. The van der Waals surface area contributed by atoms with E-state index in [1.54, 1.807) is 17.0 Å². The third-order valence-corrected chi connectivity index (χ3v) is 8.98. The molecular formula is C22H23ClN2O5S2. The molecule has 2 saturated heterocycles. The molecule has 2 heterocycles. The van der Waals surface area contributed by atoms with Crippen LogP contribution in [0.4, 0.5) is 5.69 Å². The van der Waals surface area contributed by atoms with Gasteiger partial charge in [-0.3, -0.25) is 4.79 Å². The summed E-state index contributed by atoms with van der Waals surface area (Å²) in [4.78, 5) is 18.9. The highest BCUT2D eigenvalue weighted by Gasteiger charge is 2.50. The van der Waals surface area contributed by atoms with Gasteiger partial charge in [0.05, 0.1) is 48.9 Å². The Kier molecular flexibility index (Phi) is 6.42. The predicted octanol–water partition coefficient (Wildman–Crippen LogP) is 3.51. The van der Waals surface area contributed by atoms with E-state index in [2.05, 4.69) is 4.99 Å². The van der Waals surface area contributed by atoms with E-state index in [1.165, 1.54) is 26.0 Å². The van der Waals surface area contributed by atoms with Gasteiger partial charge in [-0.1, -0.05) is 53.2 Å². The molecule has 32 heavy (non-hydrogen) atoms. The van der Waals surface area contributed by atoms with Crippen LogP contribution in [0.3, 0.4) is 0 Å². The fraction of sp³-hybridized carbons (Fsp3) is 0.364. The molecule has 0 aromatic heterocycles. The number of carbonyl (C=O) groups is 1. The normalized spacial score (nSPS) is 22.8. The number of hydrogen-bond acceptors (Lipinski definition) is 6. The summed E-state index contributed by atoms with van der Waals surface area (Å²) in [6, 6.07) is 10.6. The van der Waals surface area contributed by atoms with Gasteiger partial charge in [0.1, 0.15) is 11.5 Å². The van der Waals surface area contributed by atoms with E-state index in [4.69, 9.17) is 21.1 Å². The molecule has 0 N–H and O–H groups in total. The molecule has 2 fully saturated rings. The number of ether oxygens (including phenoxy) is 2. The topological polar surface area (TPSA) is 85.3 Å². The van der Waals surface area contributed by atoms with E-state index in [1.807, 2.05) is 31.2 Å². The van der Waals surface area contributed by atoms with Crippen molar-refractivity contribution in [3.63, 3.8) is 0 Å². The summed E-state index contributed by atoms with van der Waals surface area (Å²) in [5.74, 6) is 0.598. The van der Waals surface area contributed by atoms with Gasteiger partial charge >= 0.3 is 0 Å². The summed E-state index contributed by atoms with van der Waals surface area (Å²) >= 11 is 7.68. The molecule has 0 aliphatic carbocycles. The molecule has 1 amide bonds. The van der Waals surface area contributed by atoms with Crippen molar-refractivity contribution in [1.82, 2.24) is 0 Å². The number of rotatable bonds is 5. The predicted molar refractivity (Wildman–Crippen MR) is 128 cm³/mol. The first-order valence-corrected chi connectivity index (χ1v) is 13.0. The van der Waals surface area contributed by atoms with Crippen molar-refractivity contribution in [3.05, 3.63) is 52.5 Å². The van der Waals surface area contributed by atoms with Gasteiger partial charge in [-0.2, -0.15) is 4.99 Å². The van der Waals surface area contributed by atoms with E-state index >= 15 is 0 Å². The second-order valence-corrected chi connectivity index (χ2v) is 11.5. The summed E-state index contributed by atoms with van der Waals surface area (Å²) in [5, 5.41) is 0.575. The first kappa shape index (κ1) is 22.9. The summed E-state index contributed by atoms with van der Waals surface area (Å²) in [6.07, 6.45) is 0.159. The summed E-state index contributed by atoms with van der Waals surface area (Å²) in [7, 11) is -0.181. The maximum atomic E-state index is 12.8. The molecule has 7 nitrogen and oxygen atoms in total. The largest absolute Gasteiger partial charge is 0.495 e. The number of carbonyl (C=O) groups excluding carboxylic acids is 1. The number of halogens is 1. The van der Waals surface area contributed by atoms with Crippen LogP contribution < -0.4 is 14.4 Å². The molecular weight excluding hydrogens is 472 g/mol. The Morgan fingerprint density at radius 1 is 1.16 bits per heavy atom. The van der Waals surface area contributed by atoms with Gasteiger partial charge in [-0.15, -0.1) is 0 Å². The lowest BCUT2D eigenvalue weighted by Crippen LogP contribution is -2.38. The number of amides is 1. The van der Waals surface area contributed by atoms with Crippen LogP contribution in [0.5, 0.6) is 11.5 Å². The Morgan fingerprint density at radius 3 is 2.50 bits per heavy atom. The first-order chi connectivity index (χ1) is 15.2. The van der Waals surface area contributed by atoms with Gasteiger partial charge in [0.2, 0.25) is 0 Å². The number of thioether (sulfide) groups is 1. The van der Waals surface area contributed by atoms with E-state index < -0.39 is 9.84 Å². The van der Waals surface area contributed by atoms with Gasteiger partial charge in [-0.05, 0) is 18.6 Å². The van der Waals surface area contributed by atoms with Crippen LogP contribution in [0.1, 0.15) is 11.1 Å². The molecule has 2 atom stereocenters. The highest BCUT2D eigenvalue weighted by molar-refractivity contribution is 8.16. The Morgan fingerprint density at radius 2 is 1.84 bits per heavy atom. The van der Waals surface area contributed by atoms with Crippen LogP contribution in [0.2, 0.25) is 5.02 Å². The third kappa shape index (κ3) is 4.60. The number of aliphatic imine (C=N–C) groups is 1. The zero-order valence-corrected chi connectivity index (χ0v) is 20.3. The summed E-state index contributed by atoms with van der Waals surface area (Å²) < 4.78 is 35.4. The van der Waals surface area contributed by atoms with Crippen molar-refractivity contribution in [2.24, 2.45) is 4.99 Å². The molecule has 4 rings (SSSR count). The first-order valence-electron chi connectivity index (χ1n) is 9.95. The molecule has 2 aromatic rings. The number of aryl methyl sites for hydroxylation is 1. The van der Waals surface area contributed by atoms with Gasteiger partial charge in [0.15, 0.2) is 15.0 Å². The standard InChI is InChI=1S/C22H23ClN2O5S2/c1-13-4-6-14(7-5-13)8-21(26)24-22-25(17-11-32(27,28)12-20(17)31-22)16-9-15(23)18(29-2)10-19(16)30-3/h4-7,9-10,17,20H,8,11-12H2,1-3H3/t17-,20+/m1/s1. The minimum atomic E-state index is -3.19. The number of benzene rings is 2. The molecule has 0 unspecified atom stereocenters. The average Bonchev–Trinajstić information content (AvgIpc) is 3.20. The number of fused-ring (bicyclic) bond motifs is 1. The SMILES string of the molecule is COc1cc(OC)c(N2C(=NC(=O)Cc3ccc(C)cc3)S[C@H]3CS(=O)(=O)C[C@H]32)cc1Cl. The van der Waals surface area contributed by atoms with E-state index in [-0.39, 0.29) is 35.1 Å². The third-order valence-electron chi connectivity index (χ3n) is 5.48. The van der Waals surface area contributed by atoms with E-state index in [0.29, 0.717) is 27.4 Å². The maximum Gasteiger partial charge on any atom is 0.252 e. The minimum Gasteiger partial charge on any atom is -0.495 e. The van der Waals surface area contributed by atoms with Crippen LogP contribution in [-0.2, 0) is 21.1 Å². The zero-order chi connectivity index (χ0) is 23.0. The zero-order valence-electron chi connectivity index (χ0n) is 17.9. The van der Waals surface area contributed by atoms with Crippen molar-refractivity contribution in [1.29, 1.82) is 0 Å². The number of anilines is 1. The van der Waals surface area contributed by atoms with Crippen LogP contribution in [-0.4, -0.2) is 56.5 Å². The molecule has 0 radical (unpaired) electrons. The summed E-state index contributed by atoms with van der Waals surface area (Å²) in [5.41, 5.74) is 2.53. The van der Waals surface area contributed by atoms with Crippen molar-refractivity contribution in [2.45, 2.75) is 24.6 Å². The Bertz CT molecular complexity index is 1180. The van der Waals surface area contributed by atoms with E-state index in [9.17, 15) is 13.2 Å². The molecule has 10 heteroatoms. The number of hydrogen-bond donors (Lipinski definition) is 0. The van der Waals surface area contributed by atoms with Gasteiger partial charge in [-0.25, -0.2) is 8.42 Å². The average molecular weight is 495 g/mol. The molecule has 0 saturated carbocycles. The van der Waals surface area contributed by atoms with Crippen LogP contribution in [0.25, 0.3) is 0 Å². The lowest BCUT2D eigenvalue weighted by Gasteiger charge is -2.26. The van der Waals surface area contributed by atoms with Crippen LogP contribution in [0.15, 0.2) is 41.4 Å². The molecule has 2 aliphatic rings. The van der Waals surface area contributed by atoms with Crippen LogP contribution in [0, 0.1) is 6.92 Å². The fourth-order valence-corrected chi connectivity index (χ4v) is 8.06. The number of amidine groups is 1. The molecule has 0 spiro atoms. The molecule has 2 aliphatic heterocycles. The fourth-order valence-electron chi connectivity index (χ4n) is 3.91. The highest BCUT2D eigenvalue weighted by Crippen LogP contribution is 2.46. The van der Waals surface area contributed by atoms with Gasteiger partial charge < -0.3 is 14.4 Å². The van der Waals surface area contributed by atoms with E-state index in [0.717, 1.165) is 11.1 Å². The summed E-state index contributed by atoms with van der Waals surface area (Å²) in [6.45, 7) is 1.99. The lowest BCUT2D eigenvalue weighted by molar-refractivity contribution is -0.117. The smallest absolute Gasteiger partial charge is 0.252 e. The second kappa shape index (κ2) is 8.96. The quantitative estimate of drug-likeness (QED) is 0.628. The van der Waals surface area contributed by atoms with Crippen molar-refractivity contribution in [2.75, 3.05) is 30.6 Å². The van der Waals surface area contributed by atoms with Crippen molar-refractivity contribution < 1.29 is 22.7 Å². The van der Waals surface area contributed by atoms with Crippen LogP contribution >= 0.6 is 23.4 Å². The Hall–Kier alpha value is -2.23. The van der Waals surface area contributed by atoms with Gasteiger partial charge in [0.25, 0.3) is 5.91 Å². The molecule has 0 bridgehead atoms. The maximum absolute atomic E-state index is 12.8. The minimum absolute atomic E-state index is 0.0252. The van der Waals surface area contributed by atoms with Crippen molar-refractivity contribution >= 4 is 50.0 Å². The Labute approximate surface area is 196 Å². The number of sulfone groups is 1. The lowest BCUT2D eigenvalue weighted by atomic mass is 10.1. The molecule has 2 aromatic carbocycles. The Balaban J connectivity index is 1.72. The van der Waals surface area contributed by atoms with Crippen molar-refractivity contribution in [3.8, 4) is 11.5 Å². The second-order valence-electron chi connectivity index (χ2n) is 7.78. The number of methoxy groups -OCH3 is 2. The monoisotopic (exact) mass is 494 g/mol. The number of nitrogens with zero attached hydrogens (tertiary/aromatic N) is 2. The molecule has 170 valence electrons. The van der Waals surface area contributed by atoms with Gasteiger partial charge in [0, 0.05) is 11.3 Å².